The maximum Gasteiger partial charge on any atom is 0.126 e. The van der Waals surface area contributed by atoms with Crippen molar-refractivity contribution < 1.29 is 5.11 Å². The topological polar surface area (TPSA) is 45.1 Å². The third kappa shape index (κ3) is 5.14. The number of nitrogens with one attached hydrogen (secondary N) is 1. The lowest BCUT2D eigenvalue weighted by Crippen LogP contribution is -2.21. The van der Waals surface area contributed by atoms with Crippen LogP contribution in [0.4, 0.5) is 5.82 Å². The van der Waals surface area contributed by atoms with Gasteiger partial charge < -0.3 is 10.4 Å². The van der Waals surface area contributed by atoms with Crippen LogP contribution in [-0.2, 0) is 0 Å². The van der Waals surface area contributed by atoms with Crippen LogP contribution in [0.15, 0.2) is 22.8 Å². The smallest absolute Gasteiger partial charge is 0.126 e. The molecule has 0 bridgehead atoms. The molecule has 0 spiro atoms. The highest BCUT2D eigenvalue weighted by atomic mass is 79.9. The lowest BCUT2D eigenvalue weighted by atomic mass is 10.1. The van der Waals surface area contributed by atoms with Crippen LogP contribution >= 0.6 is 15.9 Å². The summed E-state index contributed by atoms with van der Waals surface area (Å²) in [6, 6.07) is 3.80. The molecule has 1 unspecified atom stereocenters. The van der Waals surface area contributed by atoms with Gasteiger partial charge in [-0.3, -0.25) is 0 Å². The fourth-order valence-corrected chi connectivity index (χ4v) is 1.56. The fraction of sp³-hybridized carbons (Fsp3) is 0.545. The fourth-order valence-electron chi connectivity index (χ4n) is 1.33. The van der Waals surface area contributed by atoms with Gasteiger partial charge in [0.1, 0.15) is 5.82 Å². The van der Waals surface area contributed by atoms with Gasteiger partial charge in [0, 0.05) is 17.2 Å². The second-order valence-electron chi connectivity index (χ2n) is 4.03. The first kappa shape index (κ1) is 12.5. The summed E-state index contributed by atoms with van der Waals surface area (Å²) in [6.07, 6.45) is 2.23. The van der Waals surface area contributed by atoms with E-state index in [-0.39, 0.29) is 6.10 Å². The average molecular weight is 273 g/mol. The lowest BCUT2D eigenvalue weighted by molar-refractivity contribution is 0.161. The molecule has 0 fully saturated rings. The first-order valence-corrected chi connectivity index (χ1v) is 5.90. The number of hydrogen-bond acceptors (Lipinski definition) is 3. The summed E-state index contributed by atoms with van der Waals surface area (Å²) in [6.45, 7) is 4.75. The van der Waals surface area contributed by atoms with Crippen LogP contribution in [0.1, 0.15) is 20.3 Å². The molecular formula is C11H17BrN2O. The Kier molecular flexibility index (Phi) is 5.05. The van der Waals surface area contributed by atoms with Gasteiger partial charge in [-0.25, -0.2) is 4.98 Å². The zero-order valence-corrected chi connectivity index (χ0v) is 10.7. The molecule has 0 aliphatic carbocycles. The average Bonchev–Trinajstić information content (AvgIpc) is 2.16. The Hall–Kier alpha value is -0.610. The quantitative estimate of drug-likeness (QED) is 0.867. The largest absolute Gasteiger partial charge is 0.391 e. The molecule has 1 rings (SSSR count). The monoisotopic (exact) mass is 272 g/mol. The van der Waals surface area contributed by atoms with Gasteiger partial charge in [0.05, 0.1) is 6.10 Å². The summed E-state index contributed by atoms with van der Waals surface area (Å²) >= 11 is 3.32. The highest BCUT2D eigenvalue weighted by molar-refractivity contribution is 9.10. The first-order valence-electron chi connectivity index (χ1n) is 5.11. The normalized spacial score (nSPS) is 12.9. The van der Waals surface area contributed by atoms with E-state index in [0.29, 0.717) is 12.5 Å². The second kappa shape index (κ2) is 6.08. The van der Waals surface area contributed by atoms with E-state index in [9.17, 15) is 5.11 Å². The number of halogens is 1. The number of pyridine rings is 1. The number of hydrogen-bond donors (Lipinski definition) is 2. The standard InChI is InChI=1S/C11H17BrN2O/c1-8(2)5-10(15)7-14-11-4-3-9(12)6-13-11/h3-4,6,8,10,15H,5,7H2,1-2H3,(H,13,14). The Labute approximate surface area is 99.1 Å². The van der Waals surface area contributed by atoms with Crippen molar-refractivity contribution in [2.45, 2.75) is 26.4 Å². The minimum absolute atomic E-state index is 0.310. The van der Waals surface area contributed by atoms with Gasteiger partial charge in [0.2, 0.25) is 0 Å². The molecule has 1 aromatic rings. The number of nitrogens with zero attached hydrogens (tertiary/aromatic N) is 1. The SMILES string of the molecule is CC(C)CC(O)CNc1ccc(Br)cn1. The Morgan fingerprint density at radius 1 is 1.47 bits per heavy atom. The van der Waals surface area contributed by atoms with Gasteiger partial charge >= 0.3 is 0 Å². The molecule has 1 aromatic heterocycles. The molecule has 0 saturated carbocycles. The van der Waals surface area contributed by atoms with E-state index in [1.54, 1.807) is 6.20 Å². The van der Waals surface area contributed by atoms with Gasteiger partial charge in [-0.15, -0.1) is 0 Å². The Balaban J connectivity index is 2.33. The summed E-state index contributed by atoms with van der Waals surface area (Å²) in [5.41, 5.74) is 0. The molecule has 0 aliphatic heterocycles. The van der Waals surface area contributed by atoms with Crippen LogP contribution in [0, 0.1) is 5.92 Å². The van der Waals surface area contributed by atoms with Crippen LogP contribution in [0.5, 0.6) is 0 Å². The highest BCUT2D eigenvalue weighted by Gasteiger charge is 2.06. The lowest BCUT2D eigenvalue weighted by Gasteiger charge is -2.14. The number of aliphatic hydroxyl groups is 1. The predicted molar refractivity (Wildman–Crippen MR) is 65.9 cm³/mol. The molecule has 0 amide bonds. The molecule has 1 atom stereocenters. The molecule has 2 N–H and O–H groups in total. The van der Waals surface area contributed by atoms with E-state index < -0.39 is 0 Å². The van der Waals surface area contributed by atoms with Gasteiger partial charge in [-0.2, -0.15) is 0 Å². The molecule has 0 aromatic carbocycles. The Morgan fingerprint density at radius 3 is 2.73 bits per heavy atom. The van der Waals surface area contributed by atoms with Crippen molar-refractivity contribution in [1.29, 1.82) is 0 Å². The van der Waals surface area contributed by atoms with Gasteiger partial charge in [0.25, 0.3) is 0 Å². The minimum Gasteiger partial charge on any atom is -0.391 e. The molecule has 4 heteroatoms. The number of anilines is 1. The van der Waals surface area contributed by atoms with Crippen molar-refractivity contribution in [1.82, 2.24) is 4.98 Å². The zero-order chi connectivity index (χ0) is 11.3. The number of aliphatic hydroxyl groups excluding tert-OH is 1. The van der Waals surface area contributed by atoms with Crippen molar-refractivity contribution in [3.05, 3.63) is 22.8 Å². The molecule has 15 heavy (non-hydrogen) atoms. The van der Waals surface area contributed by atoms with Crippen molar-refractivity contribution in [2.75, 3.05) is 11.9 Å². The molecule has 3 nitrogen and oxygen atoms in total. The Bertz CT molecular complexity index is 287. The van der Waals surface area contributed by atoms with E-state index in [4.69, 9.17) is 0 Å². The van der Waals surface area contributed by atoms with Crippen LogP contribution in [0.2, 0.25) is 0 Å². The maximum absolute atomic E-state index is 9.64. The minimum atomic E-state index is -0.310. The van der Waals surface area contributed by atoms with E-state index in [0.717, 1.165) is 16.7 Å². The van der Waals surface area contributed by atoms with Crippen LogP contribution in [0.25, 0.3) is 0 Å². The molecular weight excluding hydrogens is 256 g/mol. The molecule has 84 valence electrons. The van der Waals surface area contributed by atoms with Gasteiger partial charge in [-0.05, 0) is 40.4 Å². The summed E-state index contributed by atoms with van der Waals surface area (Å²) in [5.74, 6) is 1.31. The highest BCUT2D eigenvalue weighted by Crippen LogP contribution is 2.11. The molecule has 0 saturated heterocycles. The second-order valence-corrected chi connectivity index (χ2v) is 4.94. The summed E-state index contributed by atoms with van der Waals surface area (Å²) < 4.78 is 0.954. The molecule has 1 heterocycles. The first-order chi connectivity index (χ1) is 7.08. The van der Waals surface area contributed by atoms with E-state index in [2.05, 4.69) is 40.1 Å². The zero-order valence-electron chi connectivity index (χ0n) is 9.07. The molecule has 0 aliphatic rings. The summed E-state index contributed by atoms with van der Waals surface area (Å²) in [7, 11) is 0. The van der Waals surface area contributed by atoms with Crippen molar-refractivity contribution in [2.24, 2.45) is 5.92 Å². The van der Waals surface area contributed by atoms with Crippen LogP contribution in [-0.4, -0.2) is 22.7 Å². The van der Waals surface area contributed by atoms with Crippen LogP contribution < -0.4 is 5.32 Å². The Morgan fingerprint density at radius 2 is 2.20 bits per heavy atom. The van der Waals surface area contributed by atoms with E-state index in [1.165, 1.54) is 0 Å². The van der Waals surface area contributed by atoms with Gasteiger partial charge in [0.15, 0.2) is 0 Å². The van der Waals surface area contributed by atoms with E-state index >= 15 is 0 Å². The number of aromatic nitrogens is 1. The van der Waals surface area contributed by atoms with Crippen LogP contribution in [0.3, 0.4) is 0 Å². The maximum atomic E-state index is 9.64. The van der Waals surface area contributed by atoms with Crippen molar-refractivity contribution >= 4 is 21.7 Å². The van der Waals surface area contributed by atoms with E-state index in [1.807, 2.05) is 12.1 Å². The third-order valence-corrected chi connectivity index (χ3v) is 2.46. The molecule has 0 radical (unpaired) electrons. The summed E-state index contributed by atoms with van der Waals surface area (Å²) in [5, 5.41) is 12.7. The predicted octanol–water partition coefficient (Wildman–Crippen LogP) is 2.66. The van der Waals surface area contributed by atoms with Crippen molar-refractivity contribution in [3.63, 3.8) is 0 Å². The number of rotatable bonds is 5. The summed E-state index contributed by atoms with van der Waals surface area (Å²) in [4.78, 5) is 4.16. The third-order valence-electron chi connectivity index (χ3n) is 1.99. The van der Waals surface area contributed by atoms with Gasteiger partial charge in [-0.1, -0.05) is 13.8 Å². The van der Waals surface area contributed by atoms with Crippen molar-refractivity contribution in [3.8, 4) is 0 Å².